The Bertz CT molecular complexity index is 386. The minimum atomic E-state index is -0.512. The van der Waals surface area contributed by atoms with Gasteiger partial charge in [-0.05, 0) is 0 Å². The Morgan fingerprint density at radius 2 is 2.15 bits per heavy atom. The number of nitrogens with zero attached hydrogens (tertiary/aromatic N) is 2. The largest absolute Gasteiger partial charge is 0.339 e. The lowest BCUT2D eigenvalue weighted by Crippen LogP contribution is -2.41. The Balaban J connectivity index is 2.51. The van der Waals surface area contributed by atoms with E-state index in [9.17, 15) is 9.59 Å². The molecule has 13 heavy (non-hydrogen) atoms. The molecule has 0 fully saturated rings. The van der Waals surface area contributed by atoms with E-state index in [1.165, 1.54) is 9.11 Å². The van der Waals surface area contributed by atoms with Crippen molar-refractivity contribution in [3.63, 3.8) is 0 Å². The quantitative estimate of drug-likeness (QED) is 0.582. The van der Waals surface area contributed by atoms with Crippen molar-refractivity contribution >= 4 is 40.6 Å². The van der Waals surface area contributed by atoms with Crippen molar-refractivity contribution in [2.24, 2.45) is 0 Å². The molecule has 1 aliphatic rings. The first-order valence-corrected chi connectivity index (χ1v) is 4.26. The van der Waals surface area contributed by atoms with Crippen LogP contribution in [0.1, 0.15) is 10.5 Å². The van der Waals surface area contributed by atoms with Gasteiger partial charge in [-0.25, -0.2) is 15.2 Å². The number of fused-ring (bicyclic) bond motifs is 1. The Hall–Kier alpha value is -1.32. The molecule has 1 aliphatic heterocycles. The first-order valence-electron chi connectivity index (χ1n) is 3.29. The van der Waals surface area contributed by atoms with Crippen LogP contribution in [0.25, 0.3) is 0 Å². The molecule has 0 radical (unpaired) electrons. The number of rotatable bonds is 0. The van der Waals surface area contributed by atoms with Gasteiger partial charge in [0, 0.05) is 0 Å². The third-order valence-electron chi connectivity index (χ3n) is 1.46. The fraction of sp³-hybridized carbons (Fsp3) is 0. The summed E-state index contributed by atoms with van der Waals surface area (Å²) in [5.74, 6) is -0.151. The lowest BCUT2D eigenvalue weighted by atomic mass is 10.4. The van der Waals surface area contributed by atoms with E-state index < -0.39 is 11.9 Å². The van der Waals surface area contributed by atoms with Crippen LogP contribution >= 0.6 is 22.9 Å². The third-order valence-corrected chi connectivity index (χ3v) is 2.19. The first kappa shape index (κ1) is 8.29. The molecule has 3 N–H and O–H groups in total. The lowest BCUT2D eigenvalue weighted by Gasteiger charge is -1.99. The monoisotopic (exact) mass is 293 g/mol. The number of aromatic nitrogens is 2. The fourth-order valence-corrected chi connectivity index (χ4v) is 1.51. The van der Waals surface area contributed by atoms with Crippen molar-refractivity contribution in [1.29, 1.82) is 0 Å². The summed E-state index contributed by atoms with van der Waals surface area (Å²) in [5.41, 5.74) is 4.66. The van der Waals surface area contributed by atoms with E-state index in [0.717, 1.165) is 0 Å². The SMILES string of the molecule is O=C1NNC(=O)c2c(ncn2I)N1. The maximum Gasteiger partial charge on any atom is 0.339 e. The zero-order chi connectivity index (χ0) is 9.42. The molecule has 3 amide bonds. The van der Waals surface area contributed by atoms with E-state index in [1.54, 1.807) is 0 Å². The van der Waals surface area contributed by atoms with Gasteiger partial charge in [-0.15, -0.1) is 0 Å². The number of carbonyl (C=O) groups is 2. The minimum Gasteiger partial charge on any atom is -0.289 e. The molecular weight excluding hydrogens is 289 g/mol. The second-order valence-corrected chi connectivity index (χ2v) is 3.33. The van der Waals surface area contributed by atoms with Crippen LogP contribution < -0.4 is 16.2 Å². The second-order valence-electron chi connectivity index (χ2n) is 2.29. The van der Waals surface area contributed by atoms with Gasteiger partial charge < -0.3 is 0 Å². The van der Waals surface area contributed by atoms with E-state index in [4.69, 9.17) is 0 Å². The Morgan fingerprint density at radius 1 is 1.38 bits per heavy atom. The fourth-order valence-electron chi connectivity index (χ4n) is 0.936. The number of hydrogen-bond donors (Lipinski definition) is 3. The third kappa shape index (κ3) is 1.32. The zero-order valence-corrected chi connectivity index (χ0v) is 8.32. The molecule has 0 bridgehead atoms. The van der Waals surface area contributed by atoms with Crippen LogP contribution in [0.5, 0.6) is 0 Å². The Morgan fingerprint density at radius 3 is 2.92 bits per heavy atom. The molecule has 2 rings (SSSR count). The summed E-state index contributed by atoms with van der Waals surface area (Å²) in [6.07, 6.45) is 1.44. The molecule has 8 heteroatoms. The van der Waals surface area contributed by atoms with E-state index in [-0.39, 0.29) is 5.82 Å². The first-order chi connectivity index (χ1) is 6.18. The van der Waals surface area contributed by atoms with Crippen LogP contribution in [0.4, 0.5) is 10.6 Å². The summed E-state index contributed by atoms with van der Waals surface area (Å²) in [7, 11) is 0. The smallest absolute Gasteiger partial charge is 0.289 e. The lowest BCUT2D eigenvalue weighted by molar-refractivity contribution is 0.0936. The number of imidazole rings is 1. The van der Waals surface area contributed by atoms with Gasteiger partial charge in [-0.1, -0.05) is 0 Å². The van der Waals surface area contributed by atoms with Gasteiger partial charge in [0.1, 0.15) is 6.33 Å². The van der Waals surface area contributed by atoms with E-state index >= 15 is 0 Å². The number of hydrazine groups is 1. The maximum atomic E-state index is 11.3. The molecule has 0 saturated carbocycles. The van der Waals surface area contributed by atoms with Crippen LogP contribution in [0, 0.1) is 0 Å². The van der Waals surface area contributed by atoms with Crippen LogP contribution in [0.15, 0.2) is 6.33 Å². The van der Waals surface area contributed by atoms with Crippen LogP contribution in [-0.4, -0.2) is 19.7 Å². The number of anilines is 1. The highest BCUT2D eigenvalue weighted by atomic mass is 127. The molecular formula is C5H4IN5O2. The topological polar surface area (TPSA) is 88.1 Å². The van der Waals surface area contributed by atoms with Gasteiger partial charge in [-0.3, -0.25) is 18.3 Å². The van der Waals surface area contributed by atoms with Crippen molar-refractivity contribution in [2.75, 3.05) is 5.32 Å². The number of amides is 3. The van der Waals surface area contributed by atoms with Gasteiger partial charge in [0.25, 0.3) is 5.91 Å². The number of urea groups is 1. The van der Waals surface area contributed by atoms with Crippen molar-refractivity contribution in [3.05, 3.63) is 12.0 Å². The average Bonchev–Trinajstić information content (AvgIpc) is 2.36. The van der Waals surface area contributed by atoms with Crippen LogP contribution in [0.2, 0.25) is 0 Å². The number of hydrogen-bond acceptors (Lipinski definition) is 3. The molecule has 0 atom stereocenters. The standard InChI is InChI=1S/C5H4IN5O2/c6-11-1-7-3-2(11)4(12)9-10-5(13)8-3/h1H,(H,9,12)(H2,8,10,13). The maximum absolute atomic E-state index is 11.3. The molecule has 7 nitrogen and oxygen atoms in total. The predicted molar refractivity (Wildman–Crippen MR) is 51.3 cm³/mol. The molecule has 68 valence electrons. The zero-order valence-electron chi connectivity index (χ0n) is 6.17. The Labute approximate surface area is 86.4 Å². The summed E-state index contributed by atoms with van der Waals surface area (Å²) < 4.78 is 1.50. The second kappa shape index (κ2) is 2.87. The van der Waals surface area contributed by atoms with Crippen molar-refractivity contribution in [2.45, 2.75) is 0 Å². The highest BCUT2D eigenvalue weighted by Gasteiger charge is 2.23. The van der Waals surface area contributed by atoms with E-state index in [1.807, 2.05) is 22.9 Å². The van der Waals surface area contributed by atoms with Gasteiger partial charge in [0.05, 0.1) is 22.9 Å². The highest BCUT2D eigenvalue weighted by Crippen LogP contribution is 2.16. The number of carbonyl (C=O) groups excluding carboxylic acids is 2. The van der Waals surface area contributed by atoms with Gasteiger partial charge in [-0.2, -0.15) is 0 Å². The van der Waals surface area contributed by atoms with Crippen molar-refractivity contribution < 1.29 is 9.59 Å². The Kier molecular flexibility index (Phi) is 1.83. The summed E-state index contributed by atoms with van der Waals surface area (Å²) in [6, 6.07) is -0.512. The molecule has 1 aromatic heterocycles. The molecule has 0 aliphatic carbocycles. The molecule has 0 aromatic carbocycles. The normalized spacial score (nSPS) is 15.2. The van der Waals surface area contributed by atoms with E-state index in [0.29, 0.717) is 5.69 Å². The number of nitrogens with one attached hydrogen (secondary N) is 3. The van der Waals surface area contributed by atoms with Crippen molar-refractivity contribution in [1.82, 2.24) is 18.6 Å². The predicted octanol–water partition coefficient (Wildman–Crippen LogP) is -0.139. The molecule has 2 heterocycles. The van der Waals surface area contributed by atoms with Gasteiger partial charge >= 0.3 is 6.03 Å². The number of halogens is 1. The molecule has 0 spiro atoms. The summed E-state index contributed by atoms with van der Waals surface area (Å²) in [5, 5.41) is 2.40. The minimum absolute atomic E-state index is 0.252. The summed E-state index contributed by atoms with van der Waals surface area (Å²) >= 11 is 1.89. The molecule has 1 aromatic rings. The highest BCUT2D eigenvalue weighted by molar-refractivity contribution is 14.1. The summed E-state index contributed by atoms with van der Waals surface area (Å²) in [4.78, 5) is 26.1. The van der Waals surface area contributed by atoms with Gasteiger partial charge in [0.15, 0.2) is 11.5 Å². The average molecular weight is 293 g/mol. The van der Waals surface area contributed by atoms with Gasteiger partial charge in [0.2, 0.25) is 0 Å². The molecule has 0 saturated heterocycles. The van der Waals surface area contributed by atoms with Crippen LogP contribution in [-0.2, 0) is 0 Å². The van der Waals surface area contributed by atoms with Crippen molar-refractivity contribution in [3.8, 4) is 0 Å². The molecule has 0 unspecified atom stereocenters. The van der Waals surface area contributed by atoms with E-state index in [2.05, 4.69) is 21.2 Å². The summed E-state index contributed by atoms with van der Waals surface area (Å²) in [6.45, 7) is 0. The van der Waals surface area contributed by atoms with Crippen LogP contribution in [0.3, 0.4) is 0 Å².